The van der Waals surface area contributed by atoms with Crippen LogP contribution in [0.1, 0.15) is 31.2 Å². The number of nitro groups is 1. The molecule has 0 spiro atoms. The maximum Gasteiger partial charge on any atom is 0.292 e. The molecule has 2 rings (SSSR count). The summed E-state index contributed by atoms with van der Waals surface area (Å²) in [5.41, 5.74) is 7.46. The molecule has 0 bridgehead atoms. The van der Waals surface area contributed by atoms with Crippen LogP contribution in [0.2, 0.25) is 0 Å². The minimum absolute atomic E-state index is 0.154. The van der Waals surface area contributed by atoms with Gasteiger partial charge in [-0.05, 0) is 43.9 Å². The molecule has 1 aliphatic carbocycles. The third-order valence-corrected chi connectivity index (χ3v) is 3.90. The maximum absolute atomic E-state index is 11.1. The van der Waals surface area contributed by atoms with Gasteiger partial charge in [-0.3, -0.25) is 10.1 Å². The predicted octanol–water partition coefficient (Wildman–Crippen LogP) is 2.83. The Labute approximate surface area is 113 Å². The first-order valence-electron chi connectivity index (χ1n) is 6.83. The molecule has 0 heterocycles. The van der Waals surface area contributed by atoms with Gasteiger partial charge < -0.3 is 11.1 Å². The van der Waals surface area contributed by atoms with E-state index in [-0.39, 0.29) is 16.7 Å². The molecule has 1 aromatic carbocycles. The Morgan fingerprint density at radius 3 is 2.84 bits per heavy atom. The molecule has 0 radical (unpaired) electrons. The van der Waals surface area contributed by atoms with Gasteiger partial charge in [0.2, 0.25) is 0 Å². The summed E-state index contributed by atoms with van der Waals surface area (Å²) in [7, 11) is 0. The van der Waals surface area contributed by atoms with Crippen LogP contribution in [0, 0.1) is 23.0 Å². The van der Waals surface area contributed by atoms with Crippen LogP contribution in [0.25, 0.3) is 0 Å². The molecule has 1 aliphatic rings. The topological polar surface area (TPSA) is 81.2 Å². The zero-order valence-electron chi connectivity index (χ0n) is 11.3. The summed E-state index contributed by atoms with van der Waals surface area (Å²) in [6.07, 6.45) is 4.50. The smallest absolute Gasteiger partial charge is 0.292 e. The van der Waals surface area contributed by atoms with E-state index in [9.17, 15) is 10.1 Å². The number of rotatable bonds is 4. The Kier molecular flexibility index (Phi) is 4.37. The van der Waals surface area contributed by atoms with Crippen LogP contribution in [-0.4, -0.2) is 17.5 Å². The Morgan fingerprint density at radius 1 is 1.42 bits per heavy atom. The number of benzene rings is 1. The first-order valence-corrected chi connectivity index (χ1v) is 6.83. The van der Waals surface area contributed by atoms with Crippen molar-refractivity contribution in [3.63, 3.8) is 0 Å². The van der Waals surface area contributed by atoms with E-state index >= 15 is 0 Å². The molecule has 2 atom stereocenters. The second-order valence-corrected chi connectivity index (χ2v) is 5.31. The molecular weight excluding hydrogens is 242 g/mol. The summed E-state index contributed by atoms with van der Waals surface area (Å²) < 4.78 is 0. The van der Waals surface area contributed by atoms with Crippen molar-refractivity contribution in [2.75, 3.05) is 11.9 Å². The number of hydrogen-bond donors (Lipinski definition) is 2. The fraction of sp³-hybridized carbons (Fsp3) is 0.571. The van der Waals surface area contributed by atoms with Crippen LogP contribution in [0.4, 0.5) is 11.4 Å². The van der Waals surface area contributed by atoms with Crippen LogP contribution in [-0.2, 0) is 0 Å². The van der Waals surface area contributed by atoms with Crippen molar-refractivity contribution in [3.8, 4) is 0 Å². The zero-order valence-corrected chi connectivity index (χ0v) is 11.3. The third-order valence-electron chi connectivity index (χ3n) is 3.90. The summed E-state index contributed by atoms with van der Waals surface area (Å²) in [5.74, 6) is 0.412. The highest BCUT2D eigenvalue weighted by molar-refractivity contribution is 5.63. The van der Waals surface area contributed by atoms with E-state index in [0.29, 0.717) is 18.2 Å². The van der Waals surface area contributed by atoms with Gasteiger partial charge in [-0.15, -0.1) is 0 Å². The molecule has 1 fully saturated rings. The van der Waals surface area contributed by atoms with Crippen LogP contribution < -0.4 is 11.1 Å². The lowest BCUT2D eigenvalue weighted by molar-refractivity contribution is -0.384. The van der Waals surface area contributed by atoms with E-state index in [0.717, 1.165) is 24.8 Å². The Morgan fingerprint density at radius 2 is 2.16 bits per heavy atom. The van der Waals surface area contributed by atoms with Gasteiger partial charge in [0.25, 0.3) is 5.69 Å². The van der Waals surface area contributed by atoms with E-state index in [1.54, 1.807) is 12.1 Å². The molecule has 0 amide bonds. The van der Waals surface area contributed by atoms with Crippen molar-refractivity contribution in [1.82, 2.24) is 0 Å². The summed E-state index contributed by atoms with van der Waals surface area (Å²) in [6.45, 7) is 2.50. The first-order chi connectivity index (χ1) is 9.11. The average Bonchev–Trinajstić information content (AvgIpc) is 2.41. The van der Waals surface area contributed by atoms with Gasteiger partial charge in [-0.2, -0.15) is 0 Å². The van der Waals surface area contributed by atoms with Gasteiger partial charge >= 0.3 is 0 Å². The van der Waals surface area contributed by atoms with Gasteiger partial charge in [0.1, 0.15) is 5.69 Å². The molecule has 0 aromatic heterocycles. The Bertz CT molecular complexity index is 462. The minimum Gasteiger partial charge on any atom is -0.376 e. The van der Waals surface area contributed by atoms with Crippen LogP contribution in [0.5, 0.6) is 0 Å². The van der Waals surface area contributed by atoms with Gasteiger partial charge in [0, 0.05) is 12.1 Å². The summed E-state index contributed by atoms with van der Waals surface area (Å²) >= 11 is 0. The van der Waals surface area contributed by atoms with Crippen LogP contribution >= 0.6 is 0 Å². The molecule has 0 aliphatic heterocycles. The molecule has 19 heavy (non-hydrogen) atoms. The quantitative estimate of drug-likeness (QED) is 0.646. The lowest BCUT2D eigenvalue weighted by Gasteiger charge is -2.32. The lowest BCUT2D eigenvalue weighted by atomic mass is 9.84. The highest BCUT2D eigenvalue weighted by Gasteiger charge is 2.26. The first kappa shape index (κ1) is 13.8. The lowest BCUT2D eigenvalue weighted by Crippen LogP contribution is -2.36. The summed E-state index contributed by atoms with van der Waals surface area (Å²) in [6, 6.07) is 5.56. The number of aryl methyl sites for hydroxylation is 1. The van der Waals surface area contributed by atoms with Crippen molar-refractivity contribution in [1.29, 1.82) is 0 Å². The maximum atomic E-state index is 11.1. The van der Waals surface area contributed by atoms with E-state index in [4.69, 9.17) is 5.73 Å². The van der Waals surface area contributed by atoms with Crippen molar-refractivity contribution < 1.29 is 4.92 Å². The van der Waals surface area contributed by atoms with Crippen molar-refractivity contribution in [2.45, 2.75) is 38.6 Å². The number of nitrogens with one attached hydrogen (secondary N) is 1. The van der Waals surface area contributed by atoms with E-state index < -0.39 is 0 Å². The average molecular weight is 263 g/mol. The molecule has 5 heteroatoms. The largest absolute Gasteiger partial charge is 0.376 e. The van der Waals surface area contributed by atoms with Gasteiger partial charge in [-0.25, -0.2) is 0 Å². The second kappa shape index (κ2) is 6.02. The molecule has 104 valence electrons. The van der Waals surface area contributed by atoms with Gasteiger partial charge in [0.15, 0.2) is 0 Å². The number of nitrogens with zero attached hydrogens (tertiary/aromatic N) is 1. The molecular formula is C14H21N3O2. The Balaban J connectivity index is 2.20. The highest BCUT2D eigenvalue weighted by atomic mass is 16.6. The summed E-state index contributed by atoms with van der Waals surface area (Å²) in [4.78, 5) is 10.8. The molecule has 1 saturated carbocycles. The number of hydrogen-bond acceptors (Lipinski definition) is 4. The third kappa shape index (κ3) is 3.23. The molecule has 5 nitrogen and oxygen atoms in total. The van der Waals surface area contributed by atoms with Crippen molar-refractivity contribution >= 4 is 11.4 Å². The van der Waals surface area contributed by atoms with E-state index in [1.165, 1.54) is 6.42 Å². The number of nitrogens with two attached hydrogens (primary N) is 1. The number of nitro benzene ring substituents is 1. The number of anilines is 1. The second-order valence-electron chi connectivity index (χ2n) is 5.31. The van der Waals surface area contributed by atoms with E-state index in [2.05, 4.69) is 5.32 Å². The highest BCUT2D eigenvalue weighted by Crippen LogP contribution is 2.31. The molecule has 2 unspecified atom stereocenters. The van der Waals surface area contributed by atoms with Gasteiger partial charge in [-0.1, -0.05) is 18.9 Å². The monoisotopic (exact) mass is 263 g/mol. The van der Waals surface area contributed by atoms with Gasteiger partial charge in [0.05, 0.1) is 4.92 Å². The van der Waals surface area contributed by atoms with Crippen LogP contribution in [0.3, 0.4) is 0 Å². The Hall–Kier alpha value is -1.62. The van der Waals surface area contributed by atoms with Crippen molar-refractivity contribution in [3.05, 3.63) is 33.9 Å². The normalized spacial score (nSPS) is 23.1. The minimum atomic E-state index is -0.324. The van der Waals surface area contributed by atoms with Crippen molar-refractivity contribution in [2.24, 2.45) is 11.7 Å². The molecule has 0 saturated heterocycles. The zero-order chi connectivity index (χ0) is 13.8. The fourth-order valence-electron chi connectivity index (χ4n) is 2.79. The van der Waals surface area contributed by atoms with Crippen LogP contribution in [0.15, 0.2) is 18.2 Å². The standard InChI is InChI=1S/C14H21N3O2/c1-10-6-7-13(14(8-10)17(18)19)16-12-5-3-2-4-11(12)9-15/h6-8,11-12,16H,2-5,9,15H2,1H3. The summed E-state index contributed by atoms with van der Waals surface area (Å²) in [5, 5.41) is 14.4. The molecule has 3 N–H and O–H groups in total. The SMILES string of the molecule is Cc1ccc(NC2CCCCC2CN)c([N+](=O)[O-])c1. The fourth-order valence-corrected chi connectivity index (χ4v) is 2.79. The molecule has 1 aromatic rings. The predicted molar refractivity (Wildman–Crippen MR) is 76.3 cm³/mol. The van der Waals surface area contributed by atoms with E-state index in [1.807, 2.05) is 13.0 Å².